The molecule has 1 N–H and O–H groups in total. The average Bonchev–Trinajstić information content (AvgIpc) is 3.36. The van der Waals surface area contributed by atoms with Crippen LogP contribution in [0.5, 0.6) is 0 Å². The Morgan fingerprint density at radius 2 is 1.77 bits per heavy atom. The van der Waals surface area contributed by atoms with Gasteiger partial charge in [0.2, 0.25) is 5.89 Å². The Morgan fingerprint density at radius 3 is 2.49 bits per heavy atom. The van der Waals surface area contributed by atoms with E-state index in [1.54, 1.807) is 18.3 Å². The number of carbonyl (C=O) groups is 1. The molecule has 0 saturated carbocycles. The maximum Gasteiger partial charge on any atom is 0.236 e. The van der Waals surface area contributed by atoms with Crippen molar-refractivity contribution in [2.75, 3.05) is 20.2 Å². The fourth-order valence-electron chi connectivity index (χ4n) is 3.96. The molecule has 6 nitrogen and oxygen atoms in total. The Morgan fingerprint density at radius 1 is 1.03 bits per heavy atom. The summed E-state index contributed by atoms with van der Waals surface area (Å²) < 4.78 is 11.9. The molecule has 0 bridgehead atoms. The number of ether oxygens (including phenoxy) is 1. The van der Waals surface area contributed by atoms with Crippen LogP contribution in [0.4, 0.5) is 0 Å². The quantitative estimate of drug-likeness (QED) is 0.252. The number of nitrogens with zero attached hydrogens (tertiary/aromatic N) is 2. The highest BCUT2D eigenvalue weighted by Gasteiger charge is 2.39. The van der Waals surface area contributed by atoms with Crippen molar-refractivity contribution < 1.29 is 19.1 Å². The maximum absolute atomic E-state index is 11.9. The molecule has 0 aliphatic rings. The van der Waals surface area contributed by atoms with Gasteiger partial charge >= 0.3 is 0 Å². The smallest absolute Gasteiger partial charge is 0.236 e. The SMILES string of the molecule is Cc1cccc(C(O)(c2ccccc2)c2ncc(CN(C)CCOCc3ccc(C=O)cc3)o2)c1. The van der Waals surface area contributed by atoms with Crippen LogP contribution in [0, 0.1) is 6.92 Å². The maximum atomic E-state index is 11.9. The van der Waals surface area contributed by atoms with Crippen molar-refractivity contribution in [1.29, 1.82) is 0 Å². The second-order valence-electron chi connectivity index (χ2n) is 8.73. The zero-order valence-electron chi connectivity index (χ0n) is 20.1. The Balaban J connectivity index is 1.40. The number of carbonyl (C=O) groups excluding carboxylic acids is 1. The van der Waals surface area contributed by atoms with Gasteiger partial charge in [0.25, 0.3) is 0 Å². The van der Waals surface area contributed by atoms with E-state index < -0.39 is 5.60 Å². The van der Waals surface area contributed by atoms with Gasteiger partial charge in [0, 0.05) is 12.1 Å². The molecule has 0 radical (unpaired) electrons. The lowest BCUT2D eigenvalue weighted by molar-refractivity contribution is 0.0852. The molecule has 0 aliphatic carbocycles. The van der Waals surface area contributed by atoms with E-state index >= 15 is 0 Å². The highest BCUT2D eigenvalue weighted by Crippen LogP contribution is 2.36. The van der Waals surface area contributed by atoms with Crippen LogP contribution in [0.1, 0.15) is 44.3 Å². The lowest BCUT2D eigenvalue weighted by Gasteiger charge is -2.26. The second-order valence-corrected chi connectivity index (χ2v) is 8.73. The van der Waals surface area contributed by atoms with Crippen molar-refractivity contribution in [2.45, 2.75) is 25.7 Å². The summed E-state index contributed by atoms with van der Waals surface area (Å²) in [5, 5.41) is 11.9. The monoisotopic (exact) mass is 470 g/mol. The van der Waals surface area contributed by atoms with Gasteiger partial charge in [-0.3, -0.25) is 9.69 Å². The summed E-state index contributed by atoms with van der Waals surface area (Å²) in [4.78, 5) is 17.3. The molecule has 1 atom stereocenters. The molecule has 6 heteroatoms. The van der Waals surface area contributed by atoms with Crippen LogP contribution in [-0.4, -0.2) is 41.5 Å². The number of aryl methyl sites for hydroxylation is 1. The third-order valence-corrected chi connectivity index (χ3v) is 5.92. The molecule has 0 aliphatic heterocycles. The van der Waals surface area contributed by atoms with E-state index in [2.05, 4.69) is 9.88 Å². The minimum atomic E-state index is -1.49. The van der Waals surface area contributed by atoms with Crippen LogP contribution >= 0.6 is 0 Å². The van der Waals surface area contributed by atoms with E-state index in [-0.39, 0.29) is 5.89 Å². The number of hydrogen-bond donors (Lipinski definition) is 1. The molecule has 1 unspecified atom stereocenters. The first kappa shape index (κ1) is 24.5. The van der Waals surface area contributed by atoms with Gasteiger partial charge in [-0.2, -0.15) is 0 Å². The number of aliphatic hydroxyl groups is 1. The predicted octanol–water partition coefficient (Wildman–Crippen LogP) is 4.73. The van der Waals surface area contributed by atoms with E-state index in [0.29, 0.717) is 48.8 Å². The Bertz CT molecular complexity index is 1240. The standard InChI is InChI=1S/C29H30N2O4/c1-22-7-6-10-26(17-22)29(33,25-8-4-3-5-9-25)28-30-18-27(35-28)19-31(2)15-16-34-21-24-13-11-23(20-32)12-14-24/h3-14,17-18,20,33H,15-16,19,21H2,1-2H3. The van der Waals surface area contributed by atoms with E-state index in [9.17, 15) is 9.90 Å². The lowest BCUT2D eigenvalue weighted by Crippen LogP contribution is -2.29. The number of aromatic nitrogens is 1. The number of oxazole rings is 1. The van der Waals surface area contributed by atoms with Gasteiger partial charge in [-0.15, -0.1) is 0 Å². The van der Waals surface area contributed by atoms with Crippen molar-refractivity contribution in [3.8, 4) is 0 Å². The first-order valence-corrected chi connectivity index (χ1v) is 11.6. The van der Waals surface area contributed by atoms with Gasteiger partial charge in [-0.25, -0.2) is 4.98 Å². The third-order valence-electron chi connectivity index (χ3n) is 5.92. The molecule has 180 valence electrons. The highest BCUT2D eigenvalue weighted by atomic mass is 16.5. The van der Waals surface area contributed by atoms with Crippen molar-refractivity contribution in [3.05, 3.63) is 125 Å². The first-order valence-electron chi connectivity index (χ1n) is 11.6. The van der Waals surface area contributed by atoms with Gasteiger partial charge in [-0.05, 0) is 30.7 Å². The minimum Gasteiger partial charge on any atom is -0.441 e. The molecule has 0 amide bonds. The normalized spacial score (nSPS) is 13.0. The summed E-state index contributed by atoms with van der Waals surface area (Å²) in [6.07, 6.45) is 2.50. The van der Waals surface area contributed by atoms with E-state index in [1.165, 1.54) is 0 Å². The van der Waals surface area contributed by atoms with Gasteiger partial charge in [0.05, 0.1) is 26.0 Å². The van der Waals surface area contributed by atoms with Gasteiger partial charge in [0.1, 0.15) is 12.0 Å². The number of rotatable bonds is 11. The minimum absolute atomic E-state index is 0.243. The zero-order chi connectivity index (χ0) is 24.7. The van der Waals surface area contributed by atoms with Crippen LogP contribution < -0.4 is 0 Å². The number of benzene rings is 3. The number of aldehydes is 1. The Kier molecular flexibility index (Phi) is 7.87. The zero-order valence-corrected chi connectivity index (χ0v) is 20.1. The Labute approximate surface area is 205 Å². The fraction of sp³-hybridized carbons (Fsp3) is 0.241. The molecule has 35 heavy (non-hydrogen) atoms. The van der Waals surface area contributed by atoms with Crippen molar-refractivity contribution >= 4 is 6.29 Å². The fourth-order valence-corrected chi connectivity index (χ4v) is 3.96. The van der Waals surface area contributed by atoms with Crippen LogP contribution in [-0.2, 0) is 23.5 Å². The second kappa shape index (κ2) is 11.2. The van der Waals surface area contributed by atoms with Gasteiger partial charge < -0.3 is 14.3 Å². The van der Waals surface area contributed by atoms with Crippen molar-refractivity contribution in [3.63, 3.8) is 0 Å². The molecule has 1 aromatic heterocycles. The molecule has 0 fully saturated rings. The molecule has 4 aromatic rings. The van der Waals surface area contributed by atoms with E-state index in [1.807, 2.05) is 80.7 Å². The van der Waals surface area contributed by atoms with Crippen LogP contribution in [0.15, 0.2) is 89.5 Å². The summed E-state index contributed by atoms with van der Waals surface area (Å²) in [6.45, 7) is 4.25. The van der Waals surface area contributed by atoms with Crippen molar-refractivity contribution in [1.82, 2.24) is 9.88 Å². The Hall–Kier alpha value is -3.58. The number of likely N-dealkylation sites (N-methyl/N-ethyl adjacent to an activating group) is 1. The van der Waals surface area contributed by atoms with Crippen LogP contribution in [0.2, 0.25) is 0 Å². The van der Waals surface area contributed by atoms with E-state index in [0.717, 1.165) is 17.4 Å². The van der Waals surface area contributed by atoms with Crippen LogP contribution in [0.3, 0.4) is 0 Å². The summed E-state index contributed by atoms with van der Waals surface area (Å²) in [7, 11) is 1.98. The molecule has 3 aromatic carbocycles. The largest absolute Gasteiger partial charge is 0.441 e. The lowest BCUT2D eigenvalue weighted by atomic mass is 9.85. The van der Waals surface area contributed by atoms with Crippen molar-refractivity contribution in [2.24, 2.45) is 0 Å². The molecule has 0 saturated heterocycles. The average molecular weight is 471 g/mol. The summed E-state index contributed by atoms with van der Waals surface area (Å²) in [6, 6.07) is 24.6. The molecular formula is C29H30N2O4. The third kappa shape index (κ3) is 5.92. The topological polar surface area (TPSA) is 75.8 Å². The summed E-state index contributed by atoms with van der Waals surface area (Å²) >= 11 is 0. The van der Waals surface area contributed by atoms with Crippen LogP contribution in [0.25, 0.3) is 0 Å². The highest BCUT2D eigenvalue weighted by molar-refractivity contribution is 5.74. The summed E-state index contributed by atoms with van der Waals surface area (Å²) in [5.74, 6) is 0.904. The molecule has 1 heterocycles. The number of hydrogen-bond acceptors (Lipinski definition) is 6. The van der Waals surface area contributed by atoms with Gasteiger partial charge in [0.15, 0.2) is 5.60 Å². The first-order chi connectivity index (χ1) is 17.0. The molecule has 4 rings (SSSR count). The molecular weight excluding hydrogens is 440 g/mol. The molecule has 0 spiro atoms. The van der Waals surface area contributed by atoms with Gasteiger partial charge in [-0.1, -0.05) is 84.4 Å². The summed E-state index contributed by atoms with van der Waals surface area (Å²) in [5.41, 5.74) is 2.63. The van der Waals surface area contributed by atoms with E-state index in [4.69, 9.17) is 9.15 Å². The predicted molar refractivity (Wildman–Crippen MR) is 134 cm³/mol.